The van der Waals surface area contributed by atoms with E-state index < -0.39 is 0 Å². The van der Waals surface area contributed by atoms with Gasteiger partial charge in [0.15, 0.2) is 18.1 Å². The van der Waals surface area contributed by atoms with Crippen LogP contribution in [0.3, 0.4) is 0 Å². The van der Waals surface area contributed by atoms with Gasteiger partial charge in [-0.15, -0.1) is 0 Å². The largest absolute Gasteiger partial charge is 0.493 e. The van der Waals surface area contributed by atoms with Crippen molar-refractivity contribution in [2.75, 3.05) is 33.4 Å². The number of carbonyl (C=O) groups excluding carboxylic acids is 2. The van der Waals surface area contributed by atoms with E-state index in [2.05, 4.69) is 5.32 Å². The van der Waals surface area contributed by atoms with Gasteiger partial charge < -0.3 is 19.7 Å². The molecule has 23 heavy (non-hydrogen) atoms. The maximum absolute atomic E-state index is 12.2. The maximum atomic E-state index is 12.2. The van der Waals surface area contributed by atoms with Crippen LogP contribution in [0.25, 0.3) is 6.08 Å². The molecule has 0 radical (unpaired) electrons. The normalized spacial score (nSPS) is 15.2. The van der Waals surface area contributed by atoms with E-state index in [4.69, 9.17) is 9.47 Å². The van der Waals surface area contributed by atoms with Gasteiger partial charge in [-0.05, 0) is 24.6 Å². The second-order valence-electron chi connectivity index (χ2n) is 5.18. The highest BCUT2D eigenvalue weighted by Crippen LogP contribution is 2.28. The molecule has 0 atom stereocenters. The highest BCUT2D eigenvalue weighted by molar-refractivity contribution is 5.81. The standard InChI is InChI=1S/C17H22N2O4/c1-3-4-13-5-6-14(15(11-13)22-2)23-12-17(21)19-9-7-16(20)18-8-10-19/h3-6,11H,7-10,12H2,1-2H3,(H,18,20)/b4-3-. The Morgan fingerprint density at radius 3 is 2.91 bits per heavy atom. The fourth-order valence-corrected chi connectivity index (χ4v) is 2.35. The third kappa shape index (κ3) is 4.74. The molecule has 124 valence electrons. The number of nitrogens with one attached hydrogen (secondary N) is 1. The van der Waals surface area contributed by atoms with Crippen LogP contribution in [0.4, 0.5) is 0 Å². The average molecular weight is 318 g/mol. The fraction of sp³-hybridized carbons (Fsp3) is 0.412. The molecule has 0 bridgehead atoms. The molecule has 1 aromatic carbocycles. The van der Waals surface area contributed by atoms with E-state index in [1.807, 2.05) is 31.2 Å². The highest BCUT2D eigenvalue weighted by atomic mass is 16.5. The smallest absolute Gasteiger partial charge is 0.260 e. The number of methoxy groups -OCH3 is 1. The van der Waals surface area contributed by atoms with Crippen molar-refractivity contribution in [1.29, 1.82) is 0 Å². The van der Waals surface area contributed by atoms with Gasteiger partial charge in [-0.2, -0.15) is 0 Å². The van der Waals surface area contributed by atoms with Crippen LogP contribution in [-0.4, -0.2) is 50.1 Å². The molecule has 2 amide bonds. The zero-order valence-electron chi connectivity index (χ0n) is 13.5. The third-order valence-corrected chi connectivity index (χ3v) is 3.56. The van der Waals surface area contributed by atoms with Crippen LogP contribution in [0.2, 0.25) is 0 Å². The van der Waals surface area contributed by atoms with Crippen molar-refractivity contribution in [3.8, 4) is 11.5 Å². The second-order valence-corrected chi connectivity index (χ2v) is 5.18. The first-order chi connectivity index (χ1) is 11.1. The Hall–Kier alpha value is -2.50. The quantitative estimate of drug-likeness (QED) is 0.892. The van der Waals surface area contributed by atoms with E-state index in [0.29, 0.717) is 37.6 Å². The van der Waals surface area contributed by atoms with Gasteiger partial charge in [0.1, 0.15) is 0 Å². The number of benzene rings is 1. The molecule has 0 saturated carbocycles. The van der Waals surface area contributed by atoms with Crippen molar-refractivity contribution < 1.29 is 19.1 Å². The molecule has 6 heteroatoms. The van der Waals surface area contributed by atoms with Crippen molar-refractivity contribution in [3.63, 3.8) is 0 Å². The molecule has 1 fully saturated rings. The first kappa shape index (κ1) is 16.9. The monoisotopic (exact) mass is 318 g/mol. The summed E-state index contributed by atoms with van der Waals surface area (Å²) in [6.07, 6.45) is 4.22. The van der Waals surface area contributed by atoms with Crippen LogP contribution in [0.15, 0.2) is 24.3 Å². The number of hydrogen-bond acceptors (Lipinski definition) is 4. The molecule has 0 aromatic heterocycles. The molecule has 1 heterocycles. The molecule has 0 aliphatic carbocycles. The second kappa shape index (κ2) is 8.22. The fourth-order valence-electron chi connectivity index (χ4n) is 2.35. The first-order valence-corrected chi connectivity index (χ1v) is 7.62. The average Bonchev–Trinajstić information content (AvgIpc) is 2.78. The summed E-state index contributed by atoms with van der Waals surface area (Å²) < 4.78 is 10.9. The zero-order chi connectivity index (χ0) is 16.7. The topological polar surface area (TPSA) is 67.9 Å². The molecule has 2 rings (SSSR count). The number of allylic oxidation sites excluding steroid dienone is 1. The van der Waals surface area contributed by atoms with Gasteiger partial charge in [0.25, 0.3) is 5.91 Å². The lowest BCUT2D eigenvalue weighted by molar-refractivity contribution is -0.133. The molecule has 1 aliphatic rings. The maximum Gasteiger partial charge on any atom is 0.260 e. The van der Waals surface area contributed by atoms with Gasteiger partial charge in [-0.1, -0.05) is 18.2 Å². The van der Waals surface area contributed by atoms with Crippen LogP contribution < -0.4 is 14.8 Å². The van der Waals surface area contributed by atoms with E-state index in [-0.39, 0.29) is 18.4 Å². The summed E-state index contributed by atoms with van der Waals surface area (Å²) in [4.78, 5) is 25.1. The van der Waals surface area contributed by atoms with Gasteiger partial charge >= 0.3 is 0 Å². The number of hydrogen-bond donors (Lipinski definition) is 1. The molecule has 1 saturated heterocycles. The molecule has 0 unspecified atom stereocenters. The van der Waals surface area contributed by atoms with E-state index in [9.17, 15) is 9.59 Å². The van der Waals surface area contributed by atoms with E-state index >= 15 is 0 Å². The Morgan fingerprint density at radius 2 is 2.17 bits per heavy atom. The minimum atomic E-state index is -0.138. The van der Waals surface area contributed by atoms with Gasteiger partial charge in [-0.3, -0.25) is 9.59 Å². The molecule has 0 spiro atoms. The zero-order valence-corrected chi connectivity index (χ0v) is 13.5. The predicted molar refractivity (Wildman–Crippen MR) is 87.4 cm³/mol. The van der Waals surface area contributed by atoms with Crippen LogP contribution >= 0.6 is 0 Å². The Kier molecular flexibility index (Phi) is 6.02. The number of ether oxygens (including phenoxy) is 2. The van der Waals surface area contributed by atoms with Crippen LogP contribution in [0.1, 0.15) is 18.9 Å². The third-order valence-electron chi connectivity index (χ3n) is 3.56. The van der Waals surface area contributed by atoms with E-state index in [1.54, 1.807) is 18.1 Å². The van der Waals surface area contributed by atoms with Crippen molar-refractivity contribution in [3.05, 3.63) is 29.8 Å². The van der Waals surface area contributed by atoms with Crippen molar-refractivity contribution in [1.82, 2.24) is 10.2 Å². The lowest BCUT2D eigenvalue weighted by Gasteiger charge is -2.20. The molecule has 1 aliphatic heterocycles. The minimum Gasteiger partial charge on any atom is -0.493 e. The van der Waals surface area contributed by atoms with Crippen molar-refractivity contribution in [2.24, 2.45) is 0 Å². The lowest BCUT2D eigenvalue weighted by atomic mass is 10.2. The SMILES string of the molecule is C/C=C\c1ccc(OCC(=O)N2CCNC(=O)CC2)c(OC)c1. The number of nitrogens with zero attached hydrogens (tertiary/aromatic N) is 1. The van der Waals surface area contributed by atoms with E-state index in [1.165, 1.54) is 0 Å². The summed E-state index contributed by atoms with van der Waals surface area (Å²) in [5.41, 5.74) is 1.00. The van der Waals surface area contributed by atoms with Crippen molar-refractivity contribution >= 4 is 17.9 Å². The van der Waals surface area contributed by atoms with Gasteiger partial charge in [0, 0.05) is 26.1 Å². The summed E-state index contributed by atoms with van der Waals surface area (Å²) in [5.74, 6) is 0.947. The van der Waals surface area contributed by atoms with Gasteiger partial charge in [-0.25, -0.2) is 0 Å². The number of rotatable bonds is 5. The molecule has 1 N–H and O–H groups in total. The Bertz CT molecular complexity index is 598. The van der Waals surface area contributed by atoms with Gasteiger partial charge in [0.05, 0.1) is 7.11 Å². The summed E-state index contributed by atoms with van der Waals surface area (Å²) in [6, 6.07) is 5.54. The van der Waals surface area contributed by atoms with Crippen LogP contribution in [0.5, 0.6) is 11.5 Å². The van der Waals surface area contributed by atoms with Crippen molar-refractivity contribution in [2.45, 2.75) is 13.3 Å². The number of amides is 2. The Labute approximate surface area is 136 Å². The predicted octanol–water partition coefficient (Wildman–Crippen LogP) is 1.46. The Balaban J connectivity index is 1.96. The molecule has 6 nitrogen and oxygen atoms in total. The summed E-state index contributed by atoms with van der Waals surface area (Å²) in [6.45, 7) is 3.27. The summed E-state index contributed by atoms with van der Waals surface area (Å²) in [7, 11) is 1.57. The van der Waals surface area contributed by atoms with E-state index in [0.717, 1.165) is 5.56 Å². The molecular formula is C17H22N2O4. The lowest BCUT2D eigenvalue weighted by Crippen LogP contribution is -2.37. The molecule has 1 aromatic rings. The Morgan fingerprint density at radius 1 is 1.35 bits per heavy atom. The summed E-state index contributed by atoms with van der Waals surface area (Å²) in [5, 5.41) is 2.74. The van der Waals surface area contributed by atoms with Crippen LogP contribution in [0, 0.1) is 0 Å². The highest BCUT2D eigenvalue weighted by Gasteiger charge is 2.19. The number of carbonyl (C=O) groups is 2. The summed E-state index contributed by atoms with van der Waals surface area (Å²) >= 11 is 0. The first-order valence-electron chi connectivity index (χ1n) is 7.62. The van der Waals surface area contributed by atoms with Crippen LogP contribution in [-0.2, 0) is 9.59 Å². The molecular weight excluding hydrogens is 296 g/mol. The minimum absolute atomic E-state index is 0.0255. The van der Waals surface area contributed by atoms with Gasteiger partial charge in [0.2, 0.25) is 5.91 Å².